The number of amides is 2. The maximum atomic E-state index is 13.0. The Morgan fingerprint density at radius 1 is 1.24 bits per heavy atom. The lowest BCUT2D eigenvalue weighted by Gasteiger charge is -2.56. The lowest BCUT2D eigenvalue weighted by atomic mass is 9.51. The largest absolute Gasteiger partial charge is 0.392 e. The average Bonchev–Trinajstić information content (AvgIpc) is 3.22. The van der Waals surface area contributed by atoms with Crippen LogP contribution in [0.2, 0.25) is 0 Å². The smallest absolute Gasteiger partial charge is 0.225 e. The fourth-order valence-corrected chi connectivity index (χ4v) is 6.38. The summed E-state index contributed by atoms with van der Waals surface area (Å²) >= 11 is 0. The fraction of sp³-hybridized carbons (Fsp3) is 0.913. The van der Waals surface area contributed by atoms with Crippen LogP contribution in [0.4, 0.5) is 0 Å². The molecule has 2 N–H and O–H groups in total. The van der Waals surface area contributed by atoms with Crippen molar-refractivity contribution in [3.63, 3.8) is 0 Å². The number of rotatable bonds is 6. The van der Waals surface area contributed by atoms with Crippen LogP contribution in [-0.2, 0) is 14.3 Å². The van der Waals surface area contributed by atoms with Crippen molar-refractivity contribution in [3.05, 3.63) is 0 Å². The van der Waals surface area contributed by atoms with Crippen LogP contribution >= 0.6 is 0 Å². The third kappa shape index (κ3) is 4.63. The molecule has 3 aliphatic rings. The van der Waals surface area contributed by atoms with Gasteiger partial charge in [0, 0.05) is 38.6 Å². The van der Waals surface area contributed by atoms with E-state index in [-0.39, 0.29) is 46.9 Å². The molecule has 0 aromatic carbocycles. The highest BCUT2D eigenvalue weighted by Gasteiger charge is 2.54. The fourth-order valence-electron chi connectivity index (χ4n) is 6.38. The lowest BCUT2D eigenvalue weighted by molar-refractivity contribution is -0.150. The summed E-state index contributed by atoms with van der Waals surface area (Å²) < 4.78 is 5.02. The lowest BCUT2D eigenvalue weighted by Crippen LogP contribution is -2.58. The minimum atomic E-state index is -0.496. The van der Waals surface area contributed by atoms with E-state index >= 15 is 0 Å². The monoisotopic (exact) mass is 408 g/mol. The molecule has 0 bridgehead atoms. The van der Waals surface area contributed by atoms with E-state index in [1.54, 1.807) is 7.11 Å². The highest BCUT2D eigenvalue weighted by molar-refractivity contribution is 5.79. The van der Waals surface area contributed by atoms with Crippen LogP contribution in [0.5, 0.6) is 0 Å². The summed E-state index contributed by atoms with van der Waals surface area (Å²) in [6.07, 6.45) is 5.97. The minimum absolute atomic E-state index is 0.00608. The van der Waals surface area contributed by atoms with Gasteiger partial charge >= 0.3 is 0 Å². The summed E-state index contributed by atoms with van der Waals surface area (Å²) in [4.78, 5) is 27.2. The van der Waals surface area contributed by atoms with Crippen molar-refractivity contribution in [1.29, 1.82) is 0 Å². The first-order chi connectivity index (χ1) is 13.8. The van der Waals surface area contributed by atoms with Gasteiger partial charge in [0.2, 0.25) is 11.8 Å². The number of aliphatic hydroxyl groups is 1. The molecule has 1 heterocycles. The van der Waals surface area contributed by atoms with Gasteiger partial charge in [0.25, 0.3) is 0 Å². The van der Waals surface area contributed by atoms with E-state index in [0.29, 0.717) is 13.0 Å². The molecule has 0 spiro atoms. The third-order valence-corrected chi connectivity index (χ3v) is 8.22. The second-order valence-corrected chi connectivity index (χ2v) is 10.0. The van der Waals surface area contributed by atoms with Crippen molar-refractivity contribution in [2.24, 2.45) is 29.1 Å². The van der Waals surface area contributed by atoms with Gasteiger partial charge in [0.15, 0.2) is 0 Å². The minimum Gasteiger partial charge on any atom is -0.392 e. The summed E-state index contributed by atoms with van der Waals surface area (Å²) in [5.41, 5.74) is 0.0828. The Kier molecular flexibility index (Phi) is 7.26. The molecule has 6 heteroatoms. The van der Waals surface area contributed by atoms with Crippen LogP contribution in [0.15, 0.2) is 0 Å². The number of hydrogen-bond donors (Lipinski definition) is 2. The molecule has 7 atom stereocenters. The molecule has 0 aromatic heterocycles. The Labute approximate surface area is 175 Å². The van der Waals surface area contributed by atoms with Gasteiger partial charge in [0.05, 0.1) is 12.7 Å². The number of ether oxygens (including phenoxy) is 1. The van der Waals surface area contributed by atoms with Crippen LogP contribution in [0.25, 0.3) is 0 Å². The van der Waals surface area contributed by atoms with Crippen molar-refractivity contribution in [2.75, 3.05) is 26.8 Å². The van der Waals surface area contributed by atoms with E-state index in [2.05, 4.69) is 19.2 Å². The van der Waals surface area contributed by atoms with Crippen LogP contribution in [0.1, 0.15) is 65.7 Å². The quantitative estimate of drug-likeness (QED) is 0.708. The summed E-state index contributed by atoms with van der Waals surface area (Å²) in [6.45, 7) is 8.62. The number of carbonyl (C=O) groups excluding carboxylic acids is 2. The normalized spacial score (nSPS) is 38.4. The topological polar surface area (TPSA) is 78.9 Å². The number of aliphatic hydroxyl groups excluding tert-OH is 1. The van der Waals surface area contributed by atoms with E-state index in [0.717, 1.165) is 51.6 Å². The van der Waals surface area contributed by atoms with E-state index in [4.69, 9.17) is 4.74 Å². The predicted octanol–water partition coefficient (Wildman–Crippen LogP) is 2.59. The second kappa shape index (κ2) is 9.34. The van der Waals surface area contributed by atoms with E-state index < -0.39 is 6.10 Å². The Balaban J connectivity index is 1.69. The van der Waals surface area contributed by atoms with Crippen molar-refractivity contribution in [1.82, 2.24) is 10.2 Å². The second-order valence-electron chi connectivity index (χ2n) is 10.0. The van der Waals surface area contributed by atoms with Crippen LogP contribution in [-0.4, -0.2) is 60.8 Å². The molecule has 2 amide bonds. The van der Waals surface area contributed by atoms with Gasteiger partial charge in [-0.25, -0.2) is 0 Å². The summed E-state index contributed by atoms with van der Waals surface area (Å²) in [6, 6.07) is 0.0791. The number of fused-ring (bicyclic) bond motifs is 1. The molecule has 1 aliphatic heterocycles. The Bertz CT molecular complexity index is 591. The number of nitrogens with one attached hydrogen (secondary N) is 1. The van der Waals surface area contributed by atoms with Crippen molar-refractivity contribution < 1.29 is 19.4 Å². The van der Waals surface area contributed by atoms with Gasteiger partial charge < -0.3 is 20.1 Å². The molecule has 1 saturated heterocycles. The van der Waals surface area contributed by atoms with Gasteiger partial charge in [-0.2, -0.15) is 0 Å². The van der Waals surface area contributed by atoms with E-state index in [1.165, 1.54) is 0 Å². The molecule has 0 aromatic rings. The highest BCUT2D eigenvalue weighted by Crippen LogP contribution is 2.55. The number of likely N-dealkylation sites (tertiary alicyclic amines) is 1. The van der Waals surface area contributed by atoms with Gasteiger partial charge in [-0.05, 0) is 61.7 Å². The molecule has 0 radical (unpaired) electrons. The third-order valence-electron chi connectivity index (χ3n) is 8.22. The molecule has 2 saturated carbocycles. The van der Waals surface area contributed by atoms with Gasteiger partial charge in [-0.1, -0.05) is 20.8 Å². The number of hydrogen-bond acceptors (Lipinski definition) is 4. The molecule has 0 unspecified atom stereocenters. The highest BCUT2D eigenvalue weighted by atomic mass is 16.5. The van der Waals surface area contributed by atoms with E-state index in [9.17, 15) is 14.7 Å². The summed E-state index contributed by atoms with van der Waals surface area (Å²) in [7, 11) is 1.60. The SMILES string of the molecule is COCCC(=O)N[C@H]1CC[C@]2(C)CC[C@H]([C@H](C)C(=O)N3CCCC3)[C@H](O)[C@H]2[C@@H]1C. The molecule has 166 valence electrons. The average molecular weight is 409 g/mol. The number of nitrogens with zero attached hydrogens (tertiary/aromatic N) is 1. The maximum Gasteiger partial charge on any atom is 0.225 e. The first-order valence-electron chi connectivity index (χ1n) is 11.5. The zero-order valence-electron chi connectivity index (χ0n) is 18.7. The molecule has 6 nitrogen and oxygen atoms in total. The number of carbonyl (C=O) groups is 2. The zero-order chi connectivity index (χ0) is 21.2. The molecular weight excluding hydrogens is 368 g/mol. The Morgan fingerprint density at radius 2 is 1.90 bits per heavy atom. The van der Waals surface area contributed by atoms with Crippen LogP contribution < -0.4 is 5.32 Å². The van der Waals surface area contributed by atoms with Crippen LogP contribution in [0, 0.1) is 29.1 Å². The Hall–Kier alpha value is -1.14. The standard InChI is InChI=1S/C23H40N2O4/c1-15(22(28)25-12-5-6-13-25)17-7-10-23(3)11-8-18(16(2)20(23)21(17)27)24-19(26)9-14-29-4/h15-18,20-21,27H,5-14H2,1-4H3,(H,24,26)/t15-,16+,17+,18-,20+,21-,23-/m0/s1. The van der Waals surface area contributed by atoms with Gasteiger partial charge in [-0.15, -0.1) is 0 Å². The van der Waals surface area contributed by atoms with Gasteiger partial charge in [0.1, 0.15) is 0 Å². The predicted molar refractivity (Wildman–Crippen MR) is 112 cm³/mol. The van der Waals surface area contributed by atoms with Crippen molar-refractivity contribution in [3.8, 4) is 0 Å². The van der Waals surface area contributed by atoms with Crippen molar-refractivity contribution >= 4 is 11.8 Å². The molecule has 3 rings (SSSR count). The van der Waals surface area contributed by atoms with E-state index in [1.807, 2.05) is 11.8 Å². The molecule has 3 fully saturated rings. The maximum absolute atomic E-state index is 13.0. The molecule has 29 heavy (non-hydrogen) atoms. The molecular formula is C23H40N2O4. The van der Waals surface area contributed by atoms with Gasteiger partial charge in [-0.3, -0.25) is 9.59 Å². The first kappa shape index (κ1) is 22.5. The Morgan fingerprint density at radius 3 is 2.55 bits per heavy atom. The summed E-state index contributed by atoms with van der Waals surface area (Å²) in [5.74, 6) is 0.390. The number of methoxy groups -OCH3 is 1. The molecule has 2 aliphatic carbocycles. The van der Waals surface area contributed by atoms with Crippen molar-refractivity contribution in [2.45, 2.75) is 77.9 Å². The van der Waals surface area contributed by atoms with Crippen LogP contribution in [0.3, 0.4) is 0 Å². The zero-order valence-corrected chi connectivity index (χ0v) is 18.7. The summed E-state index contributed by atoms with van der Waals surface area (Å²) in [5, 5.41) is 14.6. The first-order valence-corrected chi connectivity index (χ1v) is 11.5.